The Labute approximate surface area is 91.0 Å². The standard InChI is InChI=1S/C11H8N4O/c16-10-4-2-1-3-8(10)9-5-6-11-13-12-7-15(11)14-9/h1-7,16H. The first-order chi connectivity index (χ1) is 7.84. The summed E-state index contributed by atoms with van der Waals surface area (Å²) in [5, 5.41) is 21.6. The molecule has 0 aliphatic rings. The lowest BCUT2D eigenvalue weighted by Crippen LogP contribution is -1.93. The first-order valence-electron chi connectivity index (χ1n) is 4.80. The fourth-order valence-corrected chi connectivity index (χ4v) is 1.56. The van der Waals surface area contributed by atoms with Gasteiger partial charge in [0.15, 0.2) is 5.65 Å². The van der Waals surface area contributed by atoms with Crippen LogP contribution in [0.3, 0.4) is 0 Å². The van der Waals surface area contributed by atoms with Crippen molar-refractivity contribution in [1.82, 2.24) is 19.8 Å². The number of benzene rings is 1. The molecule has 0 aliphatic heterocycles. The number of phenolic OH excluding ortho intramolecular Hbond substituents is 1. The maximum atomic E-state index is 9.71. The predicted octanol–water partition coefficient (Wildman–Crippen LogP) is 1.50. The van der Waals surface area contributed by atoms with Crippen molar-refractivity contribution in [2.75, 3.05) is 0 Å². The van der Waals surface area contributed by atoms with E-state index < -0.39 is 0 Å². The van der Waals surface area contributed by atoms with Crippen LogP contribution < -0.4 is 0 Å². The lowest BCUT2D eigenvalue weighted by Gasteiger charge is -2.03. The van der Waals surface area contributed by atoms with Gasteiger partial charge in [-0.05, 0) is 24.3 Å². The zero-order valence-electron chi connectivity index (χ0n) is 8.28. The van der Waals surface area contributed by atoms with Crippen molar-refractivity contribution in [3.8, 4) is 17.0 Å². The minimum Gasteiger partial charge on any atom is -0.507 e. The number of rotatable bonds is 1. The van der Waals surface area contributed by atoms with E-state index in [1.807, 2.05) is 18.2 Å². The quantitative estimate of drug-likeness (QED) is 0.663. The highest BCUT2D eigenvalue weighted by atomic mass is 16.3. The lowest BCUT2D eigenvalue weighted by molar-refractivity contribution is 0.477. The Hall–Kier alpha value is -2.43. The van der Waals surface area contributed by atoms with E-state index in [1.54, 1.807) is 22.7 Å². The summed E-state index contributed by atoms with van der Waals surface area (Å²) >= 11 is 0. The van der Waals surface area contributed by atoms with Crippen molar-refractivity contribution in [1.29, 1.82) is 0 Å². The van der Waals surface area contributed by atoms with Crippen LogP contribution in [-0.2, 0) is 0 Å². The van der Waals surface area contributed by atoms with Crippen LogP contribution >= 0.6 is 0 Å². The monoisotopic (exact) mass is 212 g/mol. The first kappa shape index (κ1) is 8.84. The summed E-state index contributed by atoms with van der Waals surface area (Å²) < 4.78 is 1.57. The topological polar surface area (TPSA) is 63.3 Å². The molecule has 2 heterocycles. The van der Waals surface area contributed by atoms with Crippen LogP contribution in [0.15, 0.2) is 42.7 Å². The molecule has 0 spiro atoms. The number of nitrogens with zero attached hydrogens (tertiary/aromatic N) is 4. The smallest absolute Gasteiger partial charge is 0.177 e. The van der Waals surface area contributed by atoms with Gasteiger partial charge in [0.25, 0.3) is 0 Å². The molecule has 5 nitrogen and oxygen atoms in total. The SMILES string of the molecule is Oc1ccccc1-c1ccc2nncn2n1. The average molecular weight is 212 g/mol. The number of para-hydroxylation sites is 1. The molecule has 0 atom stereocenters. The Kier molecular flexibility index (Phi) is 1.83. The van der Waals surface area contributed by atoms with Crippen LogP contribution in [0.25, 0.3) is 16.9 Å². The van der Waals surface area contributed by atoms with Crippen LogP contribution in [0.1, 0.15) is 0 Å². The molecule has 16 heavy (non-hydrogen) atoms. The second-order valence-electron chi connectivity index (χ2n) is 3.37. The molecule has 5 heteroatoms. The van der Waals surface area contributed by atoms with Crippen molar-refractivity contribution < 1.29 is 5.11 Å². The molecule has 1 aromatic carbocycles. The normalized spacial score (nSPS) is 10.8. The lowest BCUT2D eigenvalue weighted by atomic mass is 10.1. The third-order valence-corrected chi connectivity index (χ3v) is 2.34. The van der Waals surface area contributed by atoms with Gasteiger partial charge in [-0.2, -0.15) is 9.61 Å². The Morgan fingerprint density at radius 3 is 2.81 bits per heavy atom. The van der Waals surface area contributed by atoms with Crippen molar-refractivity contribution in [2.24, 2.45) is 0 Å². The molecule has 0 saturated heterocycles. The molecule has 0 amide bonds. The predicted molar refractivity (Wildman–Crippen MR) is 57.9 cm³/mol. The summed E-state index contributed by atoms with van der Waals surface area (Å²) in [6.07, 6.45) is 1.53. The molecular weight excluding hydrogens is 204 g/mol. The van der Waals surface area contributed by atoms with Crippen LogP contribution in [0, 0.1) is 0 Å². The largest absolute Gasteiger partial charge is 0.507 e. The minimum absolute atomic E-state index is 0.211. The summed E-state index contributed by atoms with van der Waals surface area (Å²) in [6.45, 7) is 0. The number of fused-ring (bicyclic) bond motifs is 1. The molecule has 0 radical (unpaired) electrons. The molecular formula is C11H8N4O. The van der Waals surface area contributed by atoms with Crippen molar-refractivity contribution in [2.45, 2.75) is 0 Å². The summed E-state index contributed by atoms with van der Waals surface area (Å²) in [6, 6.07) is 10.7. The van der Waals surface area contributed by atoms with Gasteiger partial charge in [0.1, 0.15) is 12.1 Å². The van der Waals surface area contributed by atoms with Gasteiger partial charge in [0.05, 0.1) is 5.69 Å². The fraction of sp³-hybridized carbons (Fsp3) is 0. The van der Waals surface area contributed by atoms with E-state index in [0.717, 1.165) is 0 Å². The number of aromatic nitrogens is 4. The second kappa shape index (κ2) is 3.30. The van der Waals surface area contributed by atoms with E-state index in [9.17, 15) is 5.11 Å². The van der Waals surface area contributed by atoms with E-state index in [-0.39, 0.29) is 5.75 Å². The molecule has 3 rings (SSSR count). The molecule has 3 aromatic rings. The van der Waals surface area contributed by atoms with E-state index in [1.165, 1.54) is 6.33 Å². The van der Waals surface area contributed by atoms with Crippen LogP contribution in [0.4, 0.5) is 0 Å². The van der Waals surface area contributed by atoms with Gasteiger partial charge in [-0.3, -0.25) is 0 Å². The zero-order valence-corrected chi connectivity index (χ0v) is 8.28. The van der Waals surface area contributed by atoms with Gasteiger partial charge < -0.3 is 5.11 Å². The molecule has 0 unspecified atom stereocenters. The molecule has 0 fully saturated rings. The number of hydrogen-bond acceptors (Lipinski definition) is 4. The highest BCUT2D eigenvalue weighted by Crippen LogP contribution is 2.26. The summed E-state index contributed by atoms with van der Waals surface area (Å²) in [5.74, 6) is 0.211. The molecule has 2 aromatic heterocycles. The van der Waals surface area contributed by atoms with E-state index in [2.05, 4.69) is 15.3 Å². The highest BCUT2D eigenvalue weighted by molar-refractivity contribution is 5.66. The molecule has 0 bridgehead atoms. The molecule has 1 N–H and O–H groups in total. The highest BCUT2D eigenvalue weighted by Gasteiger charge is 2.06. The number of phenols is 1. The Morgan fingerprint density at radius 1 is 1.06 bits per heavy atom. The van der Waals surface area contributed by atoms with Gasteiger partial charge in [-0.25, -0.2) is 0 Å². The third-order valence-electron chi connectivity index (χ3n) is 2.34. The van der Waals surface area contributed by atoms with Crippen molar-refractivity contribution in [3.63, 3.8) is 0 Å². The van der Waals surface area contributed by atoms with Crippen molar-refractivity contribution in [3.05, 3.63) is 42.7 Å². The zero-order chi connectivity index (χ0) is 11.0. The van der Waals surface area contributed by atoms with E-state index in [4.69, 9.17) is 0 Å². The van der Waals surface area contributed by atoms with Crippen LogP contribution in [0.2, 0.25) is 0 Å². The minimum atomic E-state index is 0.211. The summed E-state index contributed by atoms with van der Waals surface area (Å²) in [7, 11) is 0. The first-order valence-corrected chi connectivity index (χ1v) is 4.80. The number of aromatic hydroxyl groups is 1. The van der Waals surface area contributed by atoms with Crippen LogP contribution in [-0.4, -0.2) is 24.9 Å². The van der Waals surface area contributed by atoms with Gasteiger partial charge in [-0.1, -0.05) is 12.1 Å². The summed E-state index contributed by atoms with van der Waals surface area (Å²) in [5.41, 5.74) is 2.06. The summed E-state index contributed by atoms with van der Waals surface area (Å²) in [4.78, 5) is 0. The average Bonchev–Trinajstić information content (AvgIpc) is 2.76. The van der Waals surface area contributed by atoms with Gasteiger partial charge in [0, 0.05) is 5.56 Å². The molecule has 0 saturated carbocycles. The molecule has 78 valence electrons. The second-order valence-corrected chi connectivity index (χ2v) is 3.37. The molecule has 0 aliphatic carbocycles. The van der Waals surface area contributed by atoms with Gasteiger partial charge in [0.2, 0.25) is 0 Å². The third kappa shape index (κ3) is 1.30. The van der Waals surface area contributed by atoms with Crippen molar-refractivity contribution >= 4 is 5.65 Å². The van der Waals surface area contributed by atoms with E-state index in [0.29, 0.717) is 16.9 Å². The van der Waals surface area contributed by atoms with E-state index >= 15 is 0 Å². The maximum absolute atomic E-state index is 9.71. The Balaban J connectivity index is 2.22. The fourth-order valence-electron chi connectivity index (χ4n) is 1.56. The Bertz CT molecular complexity index is 647. The maximum Gasteiger partial charge on any atom is 0.177 e. The number of hydrogen-bond donors (Lipinski definition) is 1. The van der Waals surface area contributed by atoms with Crippen LogP contribution in [0.5, 0.6) is 5.75 Å². The van der Waals surface area contributed by atoms with Gasteiger partial charge >= 0.3 is 0 Å². The Morgan fingerprint density at radius 2 is 1.94 bits per heavy atom. The van der Waals surface area contributed by atoms with Gasteiger partial charge in [-0.15, -0.1) is 10.2 Å².